The highest BCUT2D eigenvalue weighted by atomic mass is 16.5. The first-order valence-electron chi connectivity index (χ1n) is 4.57. The summed E-state index contributed by atoms with van der Waals surface area (Å²) in [6.07, 6.45) is 2.20. The van der Waals surface area contributed by atoms with Gasteiger partial charge in [-0.25, -0.2) is 0 Å². The van der Waals surface area contributed by atoms with Gasteiger partial charge in [0.2, 0.25) is 5.91 Å². The van der Waals surface area contributed by atoms with Crippen molar-refractivity contribution in [3.8, 4) is 0 Å². The van der Waals surface area contributed by atoms with Crippen LogP contribution in [0.15, 0.2) is 12.7 Å². The summed E-state index contributed by atoms with van der Waals surface area (Å²) < 4.78 is 5.02. The van der Waals surface area contributed by atoms with Crippen molar-refractivity contribution in [1.82, 2.24) is 5.32 Å². The van der Waals surface area contributed by atoms with Crippen LogP contribution in [0.4, 0.5) is 0 Å². The largest absolute Gasteiger partial charge is 0.384 e. The molecule has 76 valence electrons. The van der Waals surface area contributed by atoms with Gasteiger partial charge in [0.1, 0.15) is 0 Å². The van der Waals surface area contributed by atoms with Gasteiger partial charge in [-0.3, -0.25) is 4.79 Å². The molecule has 2 atom stereocenters. The summed E-state index contributed by atoms with van der Waals surface area (Å²) in [5, 5.41) is 2.86. The number of rotatable bonds is 6. The first-order chi connectivity index (χ1) is 6.15. The third kappa shape index (κ3) is 4.68. The zero-order valence-electron chi connectivity index (χ0n) is 8.67. The minimum Gasteiger partial charge on any atom is -0.384 e. The first-order valence-corrected chi connectivity index (χ1v) is 4.57. The van der Waals surface area contributed by atoms with Gasteiger partial charge in [-0.15, -0.1) is 0 Å². The highest BCUT2D eigenvalue weighted by Gasteiger charge is 2.15. The molecule has 0 aliphatic rings. The maximum atomic E-state index is 11.0. The number of nitrogens with one attached hydrogen (secondary N) is 1. The van der Waals surface area contributed by atoms with Gasteiger partial charge >= 0.3 is 0 Å². The smallest absolute Gasteiger partial charge is 0.243 e. The van der Waals surface area contributed by atoms with Gasteiger partial charge in [-0.2, -0.15) is 0 Å². The summed E-state index contributed by atoms with van der Waals surface area (Å²) in [6, 6.07) is 0.172. The molecule has 1 amide bonds. The number of hydrogen-bond acceptors (Lipinski definition) is 2. The van der Waals surface area contributed by atoms with Crippen LogP contribution in [0.25, 0.3) is 0 Å². The zero-order chi connectivity index (χ0) is 10.3. The molecule has 0 fully saturated rings. The number of amides is 1. The van der Waals surface area contributed by atoms with Crippen LogP contribution >= 0.6 is 0 Å². The van der Waals surface area contributed by atoms with Crippen molar-refractivity contribution in [3.63, 3.8) is 0 Å². The van der Waals surface area contributed by atoms with E-state index in [4.69, 9.17) is 4.74 Å². The summed E-state index contributed by atoms with van der Waals surface area (Å²) in [7, 11) is 1.67. The van der Waals surface area contributed by atoms with E-state index in [9.17, 15) is 4.79 Å². The Kier molecular flexibility index (Phi) is 6.24. The number of carbonyl (C=O) groups excluding carboxylic acids is 1. The number of methoxy groups -OCH3 is 1. The Morgan fingerprint density at radius 2 is 2.31 bits per heavy atom. The van der Waals surface area contributed by atoms with Gasteiger partial charge in [0.05, 0.1) is 6.61 Å². The Bertz CT molecular complexity index is 168. The summed E-state index contributed by atoms with van der Waals surface area (Å²) >= 11 is 0. The average molecular weight is 185 g/mol. The van der Waals surface area contributed by atoms with E-state index >= 15 is 0 Å². The molecule has 0 saturated carbocycles. The van der Waals surface area contributed by atoms with Gasteiger partial charge < -0.3 is 10.1 Å². The van der Waals surface area contributed by atoms with Crippen LogP contribution in [0.3, 0.4) is 0 Å². The third-order valence-electron chi connectivity index (χ3n) is 2.07. The fraction of sp³-hybridized carbons (Fsp3) is 0.700. The van der Waals surface area contributed by atoms with Crippen LogP contribution < -0.4 is 5.32 Å². The predicted octanol–water partition coefficient (Wildman–Crippen LogP) is 1.35. The highest BCUT2D eigenvalue weighted by molar-refractivity contribution is 5.87. The lowest BCUT2D eigenvalue weighted by atomic mass is 10.0. The molecule has 0 aliphatic heterocycles. The lowest BCUT2D eigenvalue weighted by molar-refractivity contribution is -0.117. The number of ether oxygens (including phenoxy) is 1. The molecule has 0 aromatic heterocycles. The normalized spacial score (nSPS) is 14.7. The van der Waals surface area contributed by atoms with Crippen molar-refractivity contribution in [3.05, 3.63) is 12.7 Å². The van der Waals surface area contributed by atoms with E-state index in [0.717, 1.165) is 6.42 Å². The van der Waals surface area contributed by atoms with E-state index < -0.39 is 0 Å². The minimum absolute atomic E-state index is 0.116. The van der Waals surface area contributed by atoms with Crippen LogP contribution in [-0.4, -0.2) is 25.7 Å². The SMILES string of the molecule is C=CC(=O)N[C@@H](CC)[C@H](C)COC. The molecule has 0 radical (unpaired) electrons. The molecule has 3 heteroatoms. The Morgan fingerprint density at radius 3 is 2.69 bits per heavy atom. The van der Waals surface area contributed by atoms with Crippen LogP contribution in [0.5, 0.6) is 0 Å². The van der Waals surface area contributed by atoms with E-state index in [2.05, 4.69) is 18.8 Å². The van der Waals surface area contributed by atoms with Crippen molar-refractivity contribution < 1.29 is 9.53 Å². The van der Waals surface area contributed by atoms with Crippen molar-refractivity contribution in [1.29, 1.82) is 0 Å². The monoisotopic (exact) mass is 185 g/mol. The van der Waals surface area contributed by atoms with Crippen LogP contribution in [0.2, 0.25) is 0 Å². The van der Waals surface area contributed by atoms with Gasteiger partial charge in [0, 0.05) is 13.2 Å². The topological polar surface area (TPSA) is 38.3 Å². The average Bonchev–Trinajstić information content (AvgIpc) is 2.14. The molecular weight excluding hydrogens is 166 g/mol. The van der Waals surface area contributed by atoms with E-state index in [1.165, 1.54) is 6.08 Å². The number of carbonyl (C=O) groups is 1. The van der Waals surface area contributed by atoms with Gasteiger partial charge in [-0.1, -0.05) is 20.4 Å². The molecule has 0 aromatic carbocycles. The molecule has 0 aliphatic carbocycles. The molecule has 13 heavy (non-hydrogen) atoms. The molecule has 0 bridgehead atoms. The summed E-state index contributed by atoms with van der Waals surface area (Å²) in [6.45, 7) is 8.17. The Balaban J connectivity index is 4.00. The fourth-order valence-electron chi connectivity index (χ4n) is 1.27. The maximum Gasteiger partial charge on any atom is 0.243 e. The summed E-state index contributed by atoms with van der Waals surface area (Å²) in [4.78, 5) is 11.0. The molecule has 0 spiro atoms. The molecule has 0 rings (SSSR count). The minimum atomic E-state index is -0.116. The lowest BCUT2D eigenvalue weighted by Crippen LogP contribution is -2.39. The van der Waals surface area contributed by atoms with Crippen LogP contribution in [0.1, 0.15) is 20.3 Å². The predicted molar refractivity (Wildman–Crippen MR) is 53.5 cm³/mol. The molecule has 1 N–H and O–H groups in total. The molecule has 0 aromatic rings. The van der Waals surface area contributed by atoms with Gasteiger partial charge in [0.15, 0.2) is 0 Å². The van der Waals surface area contributed by atoms with E-state index in [1.807, 2.05) is 6.92 Å². The molecular formula is C10H19NO2. The maximum absolute atomic E-state index is 11.0. The van der Waals surface area contributed by atoms with E-state index in [-0.39, 0.29) is 11.9 Å². The fourth-order valence-corrected chi connectivity index (χ4v) is 1.27. The van der Waals surface area contributed by atoms with Crippen molar-refractivity contribution in [2.45, 2.75) is 26.3 Å². The van der Waals surface area contributed by atoms with Crippen LogP contribution in [0, 0.1) is 5.92 Å². The van der Waals surface area contributed by atoms with Crippen molar-refractivity contribution in [2.75, 3.05) is 13.7 Å². The molecule has 3 nitrogen and oxygen atoms in total. The van der Waals surface area contributed by atoms with Gasteiger partial charge in [0.25, 0.3) is 0 Å². The first kappa shape index (κ1) is 12.2. The molecule has 0 heterocycles. The lowest BCUT2D eigenvalue weighted by Gasteiger charge is -2.22. The van der Waals surface area contributed by atoms with Crippen LogP contribution in [-0.2, 0) is 9.53 Å². The molecule has 0 saturated heterocycles. The summed E-state index contributed by atoms with van der Waals surface area (Å²) in [5.74, 6) is 0.216. The highest BCUT2D eigenvalue weighted by Crippen LogP contribution is 2.06. The number of hydrogen-bond donors (Lipinski definition) is 1. The molecule has 0 unspecified atom stereocenters. The quantitative estimate of drug-likeness (QED) is 0.634. The second-order valence-electron chi connectivity index (χ2n) is 3.16. The zero-order valence-corrected chi connectivity index (χ0v) is 8.67. The Morgan fingerprint density at radius 1 is 1.69 bits per heavy atom. The van der Waals surface area contributed by atoms with Crippen molar-refractivity contribution in [2.24, 2.45) is 5.92 Å². The van der Waals surface area contributed by atoms with E-state index in [1.54, 1.807) is 7.11 Å². The second kappa shape index (κ2) is 6.66. The Hall–Kier alpha value is -0.830. The standard InChI is InChI=1S/C10H19NO2/c1-5-9(8(3)7-13-4)11-10(12)6-2/h6,8-9H,2,5,7H2,1,3-4H3,(H,11,12)/t8-,9+/m1/s1. The Labute approximate surface area is 80.2 Å². The van der Waals surface area contributed by atoms with Gasteiger partial charge in [-0.05, 0) is 18.4 Å². The van der Waals surface area contributed by atoms with E-state index in [0.29, 0.717) is 12.5 Å². The summed E-state index contributed by atoms with van der Waals surface area (Å²) in [5.41, 5.74) is 0. The van der Waals surface area contributed by atoms with Crippen molar-refractivity contribution >= 4 is 5.91 Å². The third-order valence-corrected chi connectivity index (χ3v) is 2.07. The second-order valence-corrected chi connectivity index (χ2v) is 3.16.